The van der Waals surface area contributed by atoms with Crippen LogP contribution in [-0.2, 0) is 13.0 Å². The Bertz CT molecular complexity index is 582. The van der Waals surface area contributed by atoms with Crippen molar-refractivity contribution in [1.82, 2.24) is 4.98 Å². The van der Waals surface area contributed by atoms with Crippen LogP contribution in [0.15, 0.2) is 30.6 Å². The topological polar surface area (TPSA) is 48.1 Å². The van der Waals surface area contributed by atoms with Gasteiger partial charge >= 0.3 is 0 Å². The van der Waals surface area contributed by atoms with E-state index in [-0.39, 0.29) is 6.61 Å². The molecular weight excluding hydrogens is 269 g/mol. The van der Waals surface area contributed by atoms with Gasteiger partial charge in [-0.25, -0.2) is 13.2 Å². The molecule has 0 unspecified atom stereocenters. The van der Waals surface area contributed by atoms with Gasteiger partial charge in [0.25, 0.3) is 0 Å². The van der Waals surface area contributed by atoms with Crippen molar-refractivity contribution in [2.75, 3.05) is 6.54 Å². The minimum atomic E-state index is -0.808. The first-order chi connectivity index (χ1) is 9.60. The molecule has 2 aromatic rings. The average Bonchev–Trinajstić information content (AvgIpc) is 2.38. The van der Waals surface area contributed by atoms with Crippen molar-refractivity contribution in [3.63, 3.8) is 0 Å². The van der Waals surface area contributed by atoms with Gasteiger partial charge in [-0.3, -0.25) is 4.98 Å². The van der Waals surface area contributed by atoms with Gasteiger partial charge in [0.2, 0.25) is 0 Å². The van der Waals surface area contributed by atoms with Crippen LogP contribution in [-0.4, -0.2) is 11.5 Å². The van der Waals surface area contributed by atoms with Crippen molar-refractivity contribution in [3.8, 4) is 5.75 Å². The number of pyridine rings is 1. The van der Waals surface area contributed by atoms with Gasteiger partial charge in [0, 0.05) is 11.8 Å². The Labute approximate surface area is 114 Å². The van der Waals surface area contributed by atoms with Crippen molar-refractivity contribution < 1.29 is 17.9 Å². The van der Waals surface area contributed by atoms with Gasteiger partial charge in [0.15, 0.2) is 17.4 Å². The van der Waals surface area contributed by atoms with E-state index in [0.29, 0.717) is 24.1 Å². The second-order valence-electron chi connectivity index (χ2n) is 4.23. The molecule has 0 saturated heterocycles. The zero-order valence-electron chi connectivity index (χ0n) is 10.6. The third-order valence-electron chi connectivity index (χ3n) is 2.64. The second-order valence-corrected chi connectivity index (χ2v) is 4.23. The summed E-state index contributed by atoms with van der Waals surface area (Å²) in [4.78, 5) is 3.62. The summed E-state index contributed by atoms with van der Waals surface area (Å²) in [7, 11) is 0. The van der Waals surface area contributed by atoms with E-state index in [1.807, 2.05) is 0 Å². The van der Waals surface area contributed by atoms with E-state index in [4.69, 9.17) is 10.5 Å². The number of benzene rings is 1. The molecule has 1 aromatic heterocycles. The maximum atomic E-state index is 13.7. The van der Waals surface area contributed by atoms with Gasteiger partial charge in [0.1, 0.15) is 12.4 Å². The molecular formula is C14H13F3N2O. The third kappa shape index (κ3) is 3.48. The van der Waals surface area contributed by atoms with Gasteiger partial charge in [-0.2, -0.15) is 0 Å². The highest BCUT2D eigenvalue weighted by Crippen LogP contribution is 2.24. The van der Waals surface area contributed by atoms with Crippen molar-refractivity contribution >= 4 is 0 Å². The Balaban J connectivity index is 2.13. The summed E-state index contributed by atoms with van der Waals surface area (Å²) in [6, 6.07) is 3.54. The molecule has 6 heteroatoms. The third-order valence-corrected chi connectivity index (χ3v) is 2.64. The predicted molar refractivity (Wildman–Crippen MR) is 67.6 cm³/mol. The van der Waals surface area contributed by atoms with Crippen LogP contribution in [0, 0.1) is 17.5 Å². The molecule has 0 saturated carbocycles. The SMILES string of the molecule is NCCc1cc(F)c(OCc2cncc(F)c2)c(F)c1. The molecule has 106 valence electrons. The number of ether oxygens (including phenoxy) is 1. The van der Waals surface area contributed by atoms with E-state index in [0.717, 1.165) is 6.20 Å². The molecule has 0 aliphatic rings. The summed E-state index contributed by atoms with van der Waals surface area (Å²) >= 11 is 0. The lowest BCUT2D eigenvalue weighted by molar-refractivity contribution is 0.273. The van der Waals surface area contributed by atoms with Gasteiger partial charge in [0.05, 0.1) is 6.20 Å². The van der Waals surface area contributed by atoms with Crippen LogP contribution >= 0.6 is 0 Å². The maximum absolute atomic E-state index is 13.7. The molecule has 0 aliphatic heterocycles. The lowest BCUT2D eigenvalue weighted by atomic mass is 10.1. The van der Waals surface area contributed by atoms with Crippen LogP contribution in [0.5, 0.6) is 5.75 Å². The van der Waals surface area contributed by atoms with Crippen LogP contribution in [0.1, 0.15) is 11.1 Å². The summed E-state index contributed by atoms with van der Waals surface area (Å²) in [6.45, 7) is 0.128. The molecule has 1 aromatic carbocycles. The number of hydrogen-bond donors (Lipinski definition) is 1. The molecule has 0 spiro atoms. The predicted octanol–water partition coefficient (Wildman–Crippen LogP) is 2.58. The molecule has 0 radical (unpaired) electrons. The minimum Gasteiger partial charge on any atom is -0.483 e. The van der Waals surface area contributed by atoms with E-state index in [2.05, 4.69) is 4.98 Å². The van der Waals surface area contributed by atoms with Crippen molar-refractivity contribution in [2.45, 2.75) is 13.0 Å². The van der Waals surface area contributed by atoms with Crippen LogP contribution in [0.2, 0.25) is 0 Å². The molecule has 2 rings (SSSR count). The molecule has 1 heterocycles. The zero-order valence-corrected chi connectivity index (χ0v) is 10.6. The fourth-order valence-electron chi connectivity index (χ4n) is 1.75. The van der Waals surface area contributed by atoms with E-state index in [1.54, 1.807) is 0 Å². The molecule has 0 bridgehead atoms. The van der Waals surface area contributed by atoms with Crippen LogP contribution in [0.4, 0.5) is 13.2 Å². The fraction of sp³-hybridized carbons (Fsp3) is 0.214. The lowest BCUT2D eigenvalue weighted by Crippen LogP contribution is -2.05. The van der Waals surface area contributed by atoms with E-state index >= 15 is 0 Å². The van der Waals surface area contributed by atoms with Gasteiger partial charge in [-0.05, 0) is 36.7 Å². The molecule has 20 heavy (non-hydrogen) atoms. The summed E-state index contributed by atoms with van der Waals surface area (Å²) < 4.78 is 45.4. The highest BCUT2D eigenvalue weighted by Gasteiger charge is 2.13. The van der Waals surface area contributed by atoms with Gasteiger partial charge < -0.3 is 10.5 Å². The van der Waals surface area contributed by atoms with Crippen molar-refractivity contribution in [3.05, 3.63) is 59.2 Å². The van der Waals surface area contributed by atoms with E-state index in [1.165, 1.54) is 24.4 Å². The Kier molecular flexibility index (Phi) is 4.57. The van der Waals surface area contributed by atoms with Gasteiger partial charge in [-0.15, -0.1) is 0 Å². The Morgan fingerprint density at radius 3 is 2.30 bits per heavy atom. The van der Waals surface area contributed by atoms with E-state index < -0.39 is 23.2 Å². The van der Waals surface area contributed by atoms with Crippen LogP contribution in [0.25, 0.3) is 0 Å². The number of rotatable bonds is 5. The largest absolute Gasteiger partial charge is 0.483 e. The quantitative estimate of drug-likeness (QED) is 0.917. The standard InChI is InChI=1S/C14H13F3N2O/c15-11-3-10(6-19-7-11)8-20-14-12(16)4-9(1-2-18)5-13(14)17/h3-7H,1-2,8,18H2. The number of hydrogen-bond acceptors (Lipinski definition) is 3. The van der Waals surface area contributed by atoms with E-state index in [9.17, 15) is 13.2 Å². The average molecular weight is 282 g/mol. The maximum Gasteiger partial charge on any atom is 0.191 e. The van der Waals surface area contributed by atoms with Crippen molar-refractivity contribution in [2.24, 2.45) is 5.73 Å². The van der Waals surface area contributed by atoms with Gasteiger partial charge in [-0.1, -0.05) is 0 Å². The smallest absolute Gasteiger partial charge is 0.191 e. The molecule has 3 nitrogen and oxygen atoms in total. The lowest BCUT2D eigenvalue weighted by Gasteiger charge is -2.10. The number of nitrogens with zero attached hydrogens (tertiary/aromatic N) is 1. The number of halogens is 3. The Hall–Kier alpha value is -2.08. The molecule has 0 atom stereocenters. The second kappa shape index (κ2) is 6.38. The number of nitrogens with two attached hydrogens (primary N) is 1. The summed E-state index contributed by atoms with van der Waals surface area (Å²) in [5.41, 5.74) is 6.17. The first-order valence-electron chi connectivity index (χ1n) is 6.00. The van der Waals surface area contributed by atoms with Crippen LogP contribution in [0.3, 0.4) is 0 Å². The highest BCUT2D eigenvalue weighted by molar-refractivity contribution is 5.31. The first-order valence-corrected chi connectivity index (χ1v) is 6.00. The monoisotopic (exact) mass is 282 g/mol. The Morgan fingerprint density at radius 1 is 1.00 bits per heavy atom. The molecule has 2 N–H and O–H groups in total. The summed E-state index contributed by atoms with van der Waals surface area (Å²) in [5.74, 6) is -2.64. The molecule has 0 fully saturated rings. The minimum absolute atomic E-state index is 0.172. The molecule has 0 aliphatic carbocycles. The van der Waals surface area contributed by atoms with Crippen molar-refractivity contribution in [1.29, 1.82) is 0 Å². The zero-order chi connectivity index (χ0) is 14.5. The Morgan fingerprint density at radius 2 is 1.70 bits per heavy atom. The highest BCUT2D eigenvalue weighted by atomic mass is 19.1. The summed E-state index contributed by atoms with van der Waals surface area (Å²) in [6.07, 6.45) is 2.77. The number of aromatic nitrogens is 1. The first kappa shape index (κ1) is 14.3. The normalized spacial score (nSPS) is 10.6. The fourth-order valence-corrected chi connectivity index (χ4v) is 1.75. The van der Waals surface area contributed by atoms with Crippen LogP contribution < -0.4 is 10.5 Å². The molecule has 0 amide bonds. The summed E-state index contributed by atoms with van der Waals surface area (Å²) in [5, 5.41) is 0.